The third kappa shape index (κ3) is 4.44. The van der Waals surface area contributed by atoms with Crippen molar-refractivity contribution in [3.8, 4) is 5.75 Å². The number of carbonyl (C=O) groups is 1. The van der Waals surface area contributed by atoms with E-state index in [1.165, 1.54) is 0 Å². The van der Waals surface area contributed by atoms with Crippen molar-refractivity contribution in [3.63, 3.8) is 0 Å². The minimum Gasteiger partial charge on any atom is -0.418 e. The normalized spacial score (nSPS) is 13.3. The quantitative estimate of drug-likeness (QED) is 0.780. The molecule has 0 bridgehead atoms. The van der Waals surface area contributed by atoms with E-state index in [2.05, 4.69) is 5.09 Å². The van der Waals surface area contributed by atoms with Crippen LogP contribution >= 0.6 is 7.67 Å². The Kier molecular flexibility index (Phi) is 5.97. The zero-order valence-corrected chi connectivity index (χ0v) is 14.2. The molecule has 2 rings (SSSR count). The van der Waals surface area contributed by atoms with Crippen LogP contribution in [-0.4, -0.2) is 23.7 Å². The number of hydrogen-bond acceptors (Lipinski definition) is 3. The van der Waals surface area contributed by atoms with Crippen molar-refractivity contribution in [3.05, 3.63) is 66.2 Å². The minimum absolute atomic E-state index is 0.420. The molecule has 0 saturated heterocycles. The van der Waals surface area contributed by atoms with Crippen LogP contribution in [0.5, 0.6) is 5.75 Å². The van der Waals surface area contributed by atoms with Crippen molar-refractivity contribution < 1.29 is 13.9 Å². The molecule has 1 unspecified atom stereocenters. The van der Waals surface area contributed by atoms with Gasteiger partial charge in [0, 0.05) is 18.7 Å². The van der Waals surface area contributed by atoms with Crippen molar-refractivity contribution in [1.29, 1.82) is 0 Å². The molecule has 23 heavy (non-hydrogen) atoms. The second kappa shape index (κ2) is 7.95. The van der Waals surface area contributed by atoms with Gasteiger partial charge in [-0.25, -0.2) is 9.24 Å². The van der Waals surface area contributed by atoms with Gasteiger partial charge in [-0.15, -0.1) is 0 Å². The highest BCUT2D eigenvalue weighted by atomic mass is 31.2. The third-order valence-corrected chi connectivity index (χ3v) is 5.61. The summed E-state index contributed by atoms with van der Waals surface area (Å²) in [6.07, 6.45) is 0. The summed E-state index contributed by atoms with van der Waals surface area (Å²) in [4.78, 5) is 12.4. The molecule has 0 aliphatic rings. The molecule has 1 N–H and O–H groups in total. The Morgan fingerprint density at radius 2 is 1.52 bits per heavy atom. The van der Waals surface area contributed by atoms with Gasteiger partial charge in [0.1, 0.15) is 5.75 Å². The molecule has 122 valence electrons. The lowest BCUT2D eigenvalue weighted by atomic mass is 10.2. The topological polar surface area (TPSA) is 58.6 Å². The lowest BCUT2D eigenvalue weighted by Crippen LogP contribution is -2.34. The first-order valence-electron chi connectivity index (χ1n) is 7.57. The Hall–Kier alpha value is -2.10. The maximum Gasteiger partial charge on any atom is 0.422 e. The van der Waals surface area contributed by atoms with Crippen LogP contribution < -0.4 is 9.61 Å². The first-order chi connectivity index (χ1) is 11.1. The molecule has 1 amide bonds. The lowest BCUT2D eigenvalue weighted by Gasteiger charge is -2.29. The maximum absolute atomic E-state index is 13.3. The molecule has 6 heteroatoms. The molecular formula is C17H21N2O3P. The summed E-state index contributed by atoms with van der Waals surface area (Å²) in [5.41, 5.74) is 0.441. The molecule has 0 aliphatic carbocycles. The van der Waals surface area contributed by atoms with E-state index in [-0.39, 0.29) is 0 Å². The van der Waals surface area contributed by atoms with E-state index >= 15 is 0 Å². The molecule has 5 nitrogen and oxygen atoms in total. The molecule has 0 radical (unpaired) electrons. The average Bonchev–Trinajstić information content (AvgIpc) is 2.57. The van der Waals surface area contributed by atoms with Gasteiger partial charge in [-0.05, 0) is 24.3 Å². The number of para-hydroxylation sites is 1. The second-order valence-electron chi connectivity index (χ2n) is 4.87. The van der Waals surface area contributed by atoms with Crippen LogP contribution in [0.25, 0.3) is 0 Å². The molecular weight excluding hydrogens is 311 g/mol. The summed E-state index contributed by atoms with van der Waals surface area (Å²) in [6, 6.07) is 17.5. The molecule has 0 spiro atoms. The van der Waals surface area contributed by atoms with Gasteiger partial charge >= 0.3 is 7.67 Å². The largest absolute Gasteiger partial charge is 0.422 e. The maximum atomic E-state index is 13.3. The predicted octanol–water partition coefficient (Wildman–Crippen LogP) is 3.95. The van der Waals surface area contributed by atoms with Crippen LogP contribution in [0.1, 0.15) is 24.2 Å². The first kappa shape index (κ1) is 17.3. The fraction of sp³-hybridized carbons (Fsp3) is 0.235. The Morgan fingerprint density at radius 3 is 2.04 bits per heavy atom. The van der Waals surface area contributed by atoms with Crippen LogP contribution in [0.4, 0.5) is 0 Å². The zero-order valence-electron chi connectivity index (χ0n) is 13.3. The Bertz CT molecular complexity index is 673. The standard InChI is InChI=1S/C17H21N2O3P/c1-3-19(4-2)23(21,22-16-13-9-6-10-14-16)18-17(20)15-11-7-5-8-12-15/h5-14H,3-4H2,1-2H3,(H,18,20,21). The molecule has 0 aromatic heterocycles. The molecule has 0 heterocycles. The highest BCUT2D eigenvalue weighted by Gasteiger charge is 2.34. The van der Waals surface area contributed by atoms with Crippen LogP contribution in [-0.2, 0) is 4.57 Å². The van der Waals surface area contributed by atoms with E-state index in [4.69, 9.17) is 4.52 Å². The number of hydrogen-bond donors (Lipinski definition) is 1. The summed E-state index contributed by atoms with van der Waals surface area (Å²) in [7, 11) is -3.54. The van der Waals surface area contributed by atoms with Crippen molar-refractivity contribution in [2.45, 2.75) is 13.8 Å². The van der Waals surface area contributed by atoms with E-state index in [9.17, 15) is 9.36 Å². The Balaban J connectivity index is 2.27. The monoisotopic (exact) mass is 332 g/mol. The van der Waals surface area contributed by atoms with Crippen molar-refractivity contribution in [2.75, 3.05) is 13.1 Å². The first-order valence-corrected chi connectivity index (χ1v) is 9.14. The molecule has 0 saturated carbocycles. The molecule has 2 aromatic carbocycles. The lowest BCUT2D eigenvalue weighted by molar-refractivity contribution is 0.0973. The molecule has 0 fully saturated rings. The summed E-state index contributed by atoms with van der Waals surface area (Å²) in [6.45, 7) is 4.74. The van der Waals surface area contributed by atoms with E-state index in [0.29, 0.717) is 24.4 Å². The van der Waals surface area contributed by atoms with Gasteiger partial charge in [0.2, 0.25) is 0 Å². The van der Waals surface area contributed by atoms with E-state index in [0.717, 1.165) is 0 Å². The smallest absolute Gasteiger partial charge is 0.418 e. The summed E-state index contributed by atoms with van der Waals surface area (Å²) < 4.78 is 20.6. The van der Waals surface area contributed by atoms with Gasteiger partial charge < -0.3 is 4.52 Å². The highest BCUT2D eigenvalue weighted by molar-refractivity contribution is 7.55. The minimum atomic E-state index is -3.54. The zero-order chi connectivity index (χ0) is 16.7. The van der Waals surface area contributed by atoms with Gasteiger partial charge in [-0.3, -0.25) is 9.88 Å². The average molecular weight is 332 g/mol. The van der Waals surface area contributed by atoms with Gasteiger partial charge in [-0.1, -0.05) is 50.2 Å². The van der Waals surface area contributed by atoms with E-state index < -0.39 is 13.6 Å². The van der Waals surface area contributed by atoms with Gasteiger partial charge in [0.15, 0.2) is 0 Å². The van der Waals surface area contributed by atoms with Crippen LogP contribution in [0.2, 0.25) is 0 Å². The molecule has 2 aromatic rings. The van der Waals surface area contributed by atoms with E-state index in [1.807, 2.05) is 26.0 Å². The van der Waals surface area contributed by atoms with Crippen LogP contribution in [0.3, 0.4) is 0 Å². The summed E-state index contributed by atoms with van der Waals surface area (Å²) in [5, 5.41) is 2.58. The fourth-order valence-corrected chi connectivity index (χ4v) is 3.99. The number of nitrogens with one attached hydrogen (secondary N) is 1. The number of amides is 1. The van der Waals surface area contributed by atoms with Crippen molar-refractivity contribution in [2.24, 2.45) is 0 Å². The number of benzene rings is 2. The van der Waals surface area contributed by atoms with Gasteiger partial charge in [0.25, 0.3) is 5.91 Å². The predicted molar refractivity (Wildman–Crippen MR) is 91.5 cm³/mol. The van der Waals surface area contributed by atoms with Crippen LogP contribution in [0, 0.1) is 0 Å². The third-order valence-electron chi connectivity index (χ3n) is 3.35. The highest BCUT2D eigenvalue weighted by Crippen LogP contribution is 2.46. The van der Waals surface area contributed by atoms with Crippen LogP contribution in [0.15, 0.2) is 60.7 Å². The van der Waals surface area contributed by atoms with Crippen molar-refractivity contribution >= 4 is 13.6 Å². The number of carbonyl (C=O) groups excluding carboxylic acids is 1. The van der Waals surface area contributed by atoms with Gasteiger partial charge in [0.05, 0.1) is 0 Å². The number of rotatable bonds is 7. The van der Waals surface area contributed by atoms with Gasteiger partial charge in [-0.2, -0.15) is 0 Å². The molecule has 1 atom stereocenters. The van der Waals surface area contributed by atoms with Crippen molar-refractivity contribution in [1.82, 2.24) is 9.76 Å². The van der Waals surface area contributed by atoms with E-state index in [1.54, 1.807) is 53.2 Å². The fourth-order valence-electron chi connectivity index (χ4n) is 2.15. The second-order valence-corrected chi connectivity index (χ2v) is 6.88. The summed E-state index contributed by atoms with van der Waals surface area (Å²) >= 11 is 0. The SMILES string of the molecule is CCN(CC)P(=O)(NC(=O)c1ccccc1)Oc1ccccc1. The summed E-state index contributed by atoms with van der Waals surface area (Å²) in [5.74, 6) is 0.0351. The number of nitrogens with zero attached hydrogens (tertiary/aromatic N) is 1. The Labute approximate surface area is 136 Å². The Morgan fingerprint density at radius 1 is 1.00 bits per heavy atom. The molecule has 0 aliphatic heterocycles.